The molecule has 0 radical (unpaired) electrons. The van der Waals surface area contributed by atoms with Crippen LogP contribution in [0.1, 0.15) is 0 Å². The van der Waals surface area contributed by atoms with Crippen LogP contribution in [0, 0.1) is 28.6 Å². The number of hydrogen-bond acceptors (Lipinski definition) is 2. The number of rotatable bonds is 0. The molecule has 0 saturated carbocycles. The first-order chi connectivity index (χ1) is 5.27. The van der Waals surface area contributed by atoms with E-state index < -0.39 is 0 Å². The molecule has 0 aromatic rings. The first-order valence-electron chi connectivity index (χ1n) is 3.11. The van der Waals surface area contributed by atoms with Crippen molar-refractivity contribution in [1.82, 2.24) is 0 Å². The molecule has 0 bridgehead atoms. The van der Waals surface area contributed by atoms with Gasteiger partial charge in [-0.15, -0.1) is 0 Å². The lowest BCUT2D eigenvalue weighted by Gasteiger charge is -2.11. The molecule has 1 aliphatic carbocycles. The van der Waals surface area contributed by atoms with E-state index in [4.69, 9.17) is 10.5 Å². The molecular formula is C8H5BrN2. The van der Waals surface area contributed by atoms with Gasteiger partial charge < -0.3 is 0 Å². The van der Waals surface area contributed by atoms with Gasteiger partial charge in [0.05, 0.1) is 22.9 Å². The van der Waals surface area contributed by atoms with Gasteiger partial charge in [-0.1, -0.05) is 22.0 Å². The van der Waals surface area contributed by atoms with Gasteiger partial charge in [-0.3, -0.25) is 0 Å². The third kappa shape index (κ3) is 1.69. The van der Waals surface area contributed by atoms with Gasteiger partial charge in [0.1, 0.15) is 0 Å². The zero-order valence-electron chi connectivity index (χ0n) is 5.66. The van der Waals surface area contributed by atoms with Crippen LogP contribution >= 0.6 is 15.9 Å². The molecule has 1 rings (SSSR count). The summed E-state index contributed by atoms with van der Waals surface area (Å²) in [4.78, 5) is 0.0459. The molecule has 0 aliphatic heterocycles. The summed E-state index contributed by atoms with van der Waals surface area (Å²) in [5, 5.41) is 17.1. The Balaban J connectivity index is 2.88. The molecule has 11 heavy (non-hydrogen) atoms. The molecule has 0 heterocycles. The molecule has 0 aromatic heterocycles. The second-order valence-corrected chi connectivity index (χ2v) is 3.25. The summed E-state index contributed by atoms with van der Waals surface area (Å²) in [5.41, 5.74) is 0.562. The summed E-state index contributed by atoms with van der Waals surface area (Å²) >= 11 is 3.31. The smallest absolute Gasteiger partial charge is 0.0988 e. The number of nitriles is 2. The molecule has 3 heteroatoms. The third-order valence-corrected chi connectivity index (χ3v) is 2.31. The minimum atomic E-state index is -0.213. The van der Waals surface area contributed by atoms with E-state index in [2.05, 4.69) is 22.0 Å². The highest BCUT2D eigenvalue weighted by Crippen LogP contribution is 2.22. The maximum absolute atomic E-state index is 8.61. The number of hydrogen-bond donors (Lipinski definition) is 0. The number of nitrogens with zero attached hydrogens (tertiary/aromatic N) is 2. The van der Waals surface area contributed by atoms with Crippen LogP contribution in [0.15, 0.2) is 23.8 Å². The third-order valence-electron chi connectivity index (χ3n) is 1.44. The standard InChI is InChI=1S/C8H5BrN2/c9-8-2-1-6(4-10)3-7(8)5-11/h1-3,7-8H. The van der Waals surface area contributed by atoms with E-state index in [0.29, 0.717) is 5.57 Å². The number of halogens is 1. The Morgan fingerprint density at radius 2 is 2.18 bits per heavy atom. The highest BCUT2D eigenvalue weighted by Gasteiger charge is 2.16. The Hall–Kier alpha value is -1.06. The topological polar surface area (TPSA) is 47.6 Å². The molecule has 54 valence electrons. The molecule has 2 nitrogen and oxygen atoms in total. The van der Waals surface area contributed by atoms with Crippen molar-refractivity contribution in [3.05, 3.63) is 23.8 Å². The van der Waals surface area contributed by atoms with Crippen LogP contribution in [-0.4, -0.2) is 4.83 Å². The molecule has 0 saturated heterocycles. The molecule has 0 fully saturated rings. The van der Waals surface area contributed by atoms with Crippen molar-refractivity contribution in [2.75, 3.05) is 0 Å². The van der Waals surface area contributed by atoms with Crippen LogP contribution in [0.5, 0.6) is 0 Å². The summed E-state index contributed by atoms with van der Waals surface area (Å²) in [6.45, 7) is 0. The van der Waals surface area contributed by atoms with E-state index in [1.54, 1.807) is 12.2 Å². The number of allylic oxidation sites excluding steroid dienone is 4. The quantitative estimate of drug-likeness (QED) is 0.572. The summed E-state index contributed by atoms with van der Waals surface area (Å²) < 4.78 is 0. The Bertz CT molecular complexity index is 290. The van der Waals surface area contributed by atoms with Crippen LogP contribution < -0.4 is 0 Å². The van der Waals surface area contributed by atoms with Crippen molar-refractivity contribution in [1.29, 1.82) is 10.5 Å². The minimum absolute atomic E-state index is 0.0459. The first-order valence-corrected chi connectivity index (χ1v) is 4.03. The highest BCUT2D eigenvalue weighted by atomic mass is 79.9. The van der Waals surface area contributed by atoms with Gasteiger partial charge in [0, 0.05) is 5.57 Å². The molecule has 1 aliphatic rings. The van der Waals surface area contributed by atoms with Gasteiger partial charge >= 0.3 is 0 Å². The predicted octanol–water partition coefficient (Wildman–Crippen LogP) is 1.91. The van der Waals surface area contributed by atoms with Crippen LogP contribution in [0.4, 0.5) is 0 Å². The monoisotopic (exact) mass is 208 g/mol. The van der Waals surface area contributed by atoms with E-state index in [0.717, 1.165) is 0 Å². The zero-order chi connectivity index (χ0) is 8.27. The second-order valence-electron chi connectivity index (χ2n) is 2.19. The van der Waals surface area contributed by atoms with Crippen molar-refractivity contribution >= 4 is 15.9 Å². The van der Waals surface area contributed by atoms with Crippen LogP contribution in [-0.2, 0) is 0 Å². The largest absolute Gasteiger partial charge is 0.198 e. The average molecular weight is 209 g/mol. The molecule has 2 unspecified atom stereocenters. The Morgan fingerprint density at radius 1 is 1.45 bits per heavy atom. The predicted molar refractivity (Wildman–Crippen MR) is 44.7 cm³/mol. The fraction of sp³-hybridized carbons (Fsp3) is 0.250. The summed E-state index contributed by atoms with van der Waals surface area (Å²) in [7, 11) is 0. The fourth-order valence-corrected chi connectivity index (χ4v) is 1.26. The highest BCUT2D eigenvalue weighted by molar-refractivity contribution is 9.09. The van der Waals surface area contributed by atoms with E-state index >= 15 is 0 Å². The van der Waals surface area contributed by atoms with Gasteiger partial charge in [-0.05, 0) is 12.2 Å². The van der Waals surface area contributed by atoms with Crippen LogP contribution in [0.3, 0.4) is 0 Å². The maximum atomic E-state index is 8.61. The van der Waals surface area contributed by atoms with E-state index in [-0.39, 0.29) is 10.7 Å². The maximum Gasteiger partial charge on any atom is 0.0988 e. The number of alkyl halides is 1. The molecular weight excluding hydrogens is 204 g/mol. The Kier molecular flexibility index (Phi) is 2.46. The molecule has 0 spiro atoms. The van der Waals surface area contributed by atoms with Gasteiger partial charge in [-0.25, -0.2) is 0 Å². The summed E-state index contributed by atoms with van der Waals surface area (Å²) in [6, 6.07) is 4.08. The van der Waals surface area contributed by atoms with Crippen molar-refractivity contribution in [3.8, 4) is 12.1 Å². The van der Waals surface area contributed by atoms with Gasteiger partial charge in [0.2, 0.25) is 0 Å². The Morgan fingerprint density at radius 3 is 2.73 bits per heavy atom. The van der Waals surface area contributed by atoms with Crippen LogP contribution in [0.2, 0.25) is 0 Å². The lowest BCUT2D eigenvalue weighted by atomic mass is 9.98. The molecule has 0 amide bonds. The molecule has 2 atom stereocenters. The second kappa shape index (κ2) is 3.37. The van der Waals surface area contributed by atoms with Gasteiger partial charge in [-0.2, -0.15) is 10.5 Å². The average Bonchev–Trinajstić information content (AvgIpc) is 2.05. The minimum Gasteiger partial charge on any atom is -0.198 e. The van der Waals surface area contributed by atoms with Crippen molar-refractivity contribution in [2.24, 2.45) is 5.92 Å². The Labute approximate surface area is 73.6 Å². The molecule has 0 N–H and O–H groups in total. The summed E-state index contributed by atoms with van der Waals surface area (Å²) in [5.74, 6) is -0.213. The van der Waals surface area contributed by atoms with E-state index in [1.165, 1.54) is 0 Å². The first kappa shape index (κ1) is 8.04. The molecule has 0 aromatic carbocycles. The lowest BCUT2D eigenvalue weighted by Crippen LogP contribution is -2.10. The normalized spacial score (nSPS) is 28.5. The lowest BCUT2D eigenvalue weighted by molar-refractivity contribution is 0.861. The van der Waals surface area contributed by atoms with E-state index in [9.17, 15) is 0 Å². The van der Waals surface area contributed by atoms with Crippen molar-refractivity contribution in [2.45, 2.75) is 4.83 Å². The van der Waals surface area contributed by atoms with Gasteiger partial charge in [0.15, 0.2) is 0 Å². The summed E-state index contributed by atoms with van der Waals surface area (Å²) in [6.07, 6.45) is 5.19. The zero-order valence-corrected chi connectivity index (χ0v) is 7.25. The van der Waals surface area contributed by atoms with E-state index in [1.807, 2.05) is 12.1 Å². The fourth-order valence-electron chi connectivity index (χ4n) is 0.839. The van der Waals surface area contributed by atoms with Crippen molar-refractivity contribution < 1.29 is 0 Å². The SMILES string of the molecule is N#CC1=CC(C#N)C(Br)C=C1. The van der Waals surface area contributed by atoms with Crippen molar-refractivity contribution in [3.63, 3.8) is 0 Å². The van der Waals surface area contributed by atoms with Gasteiger partial charge in [0.25, 0.3) is 0 Å². The van der Waals surface area contributed by atoms with Crippen LogP contribution in [0.25, 0.3) is 0 Å².